The number of piperazine rings is 1. The first-order valence-corrected chi connectivity index (χ1v) is 6.91. The molecule has 1 aromatic heterocycles. The maximum absolute atomic E-state index is 5.59. The summed E-state index contributed by atoms with van der Waals surface area (Å²) in [5.74, 6) is 2.07. The lowest BCUT2D eigenvalue weighted by molar-refractivity contribution is 0.216. The van der Waals surface area contributed by atoms with Crippen LogP contribution in [0.2, 0.25) is 0 Å². The molecule has 0 radical (unpaired) electrons. The summed E-state index contributed by atoms with van der Waals surface area (Å²) in [5.41, 5.74) is 0. The Labute approximate surface area is 110 Å². The van der Waals surface area contributed by atoms with E-state index in [9.17, 15) is 0 Å². The molecule has 1 aliphatic heterocycles. The zero-order chi connectivity index (χ0) is 12.8. The Balaban J connectivity index is 1.60. The lowest BCUT2D eigenvalue weighted by atomic mass is 10.3. The van der Waals surface area contributed by atoms with Crippen molar-refractivity contribution in [3.8, 4) is 0 Å². The van der Waals surface area contributed by atoms with Gasteiger partial charge in [0.05, 0.1) is 6.54 Å². The van der Waals surface area contributed by atoms with Gasteiger partial charge in [0.25, 0.3) is 0 Å². The minimum atomic E-state index is 0.912. The second-order valence-corrected chi connectivity index (χ2v) is 5.20. The molecule has 0 spiro atoms. The van der Waals surface area contributed by atoms with Gasteiger partial charge in [0.15, 0.2) is 0 Å². The van der Waals surface area contributed by atoms with E-state index in [4.69, 9.17) is 4.42 Å². The standard InChI is InChI=1S/C14H25N3O/c1-13-4-5-14(18-13)12-16(2)8-3-9-17-10-6-15-7-11-17/h4-5,15H,3,6-12H2,1-2H3. The highest BCUT2D eigenvalue weighted by molar-refractivity contribution is 5.05. The summed E-state index contributed by atoms with van der Waals surface area (Å²) in [7, 11) is 2.16. The van der Waals surface area contributed by atoms with E-state index in [1.807, 2.05) is 13.0 Å². The Kier molecular flexibility index (Phi) is 5.23. The summed E-state index contributed by atoms with van der Waals surface area (Å²) in [6.45, 7) is 9.92. The van der Waals surface area contributed by atoms with Crippen LogP contribution in [-0.2, 0) is 6.54 Å². The van der Waals surface area contributed by atoms with Crippen molar-refractivity contribution in [2.75, 3.05) is 46.3 Å². The number of aryl methyl sites for hydroxylation is 1. The van der Waals surface area contributed by atoms with Crippen LogP contribution in [0.25, 0.3) is 0 Å². The lowest BCUT2D eigenvalue weighted by Gasteiger charge is -2.27. The van der Waals surface area contributed by atoms with Gasteiger partial charge in [-0.05, 0) is 45.6 Å². The molecule has 1 saturated heterocycles. The molecular formula is C14H25N3O. The molecule has 0 unspecified atom stereocenters. The van der Waals surface area contributed by atoms with Crippen molar-refractivity contribution >= 4 is 0 Å². The summed E-state index contributed by atoms with van der Waals surface area (Å²) in [4.78, 5) is 4.88. The third-order valence-corrected chi connectivity index (χ3v) is 3.45. The molecule has 1 aliphatic rings. The number of nitrogens with zero attached hydrogens (tertiary/aromatic N) is 2. The molecule has 1 aromatic rings. The SMILES string of the molecule is Cc1ccc(CN(C)CCCN2CCNCC2)o1. The molecule has 0 aromatic carbocycles. The third-order valence-electron chi connectivity index (χ3n) is 3.45. The summed E-state index contributed by atoms with van der Waals surface area (Å²) >= 11 is 0. The van der Waals surface area contributed by atoms with E-state index < -0.39 is 0 Å². The summed E-state index contributed by atoms with van der Waals surface area (Å²) in [6, 6.07) is 4.10. The number of hydrogen-bond acceptors (Lipinski definition) is 4. The second kappa shape index (κ2) is 6.92. The molecule has 4 nitrogen and oxygen atoms in total. The largest absolute Gasteiger partial charge is 0.465 e. The summed E-state index contributed by atoms with van der Waals surface area (Å²) < 4.78 is 5.59. The Morgan fingerprint density at radius 3 is 2.78 bits per heavy atom. The van der Waals surface area contributed by atoms with Gasteiger partial charge in [0.2, 0.25) is 0 Å². The van der Waals surface area contributed by atoms with Crippen LogP contribution in [0.4, 0.5) is 0 Å². The minimum absolute atomic E-state index is 0.912. The van der Waals surface area contributed by atoms with E-state index in [2.05, 4.69) is 28.2 Å². The smallest absolute Gasteiger partial charge is 0.118 e. The topological polar surface area (TPSA) is 31.6 Å². The Bertz CT molecular complexity index is 345. The summed E-state index contributed by atoms with van der Waals surface area (Å²) in [5, 5.41) is 3.38. The summed E-state index contributed by atoms with van der Waals surface area (Å²) in [6.07, 6.45) is 1.23. The zero-order valence-corrected chi connectivity index (χ0v) is 11.6. The lowest BCUT2D eigenvalue weighted by Crippen LogP contribution is -2.44. The van der Waals surface area contributed by atoms with Gasteiger partial charge >= 0.3 is 0 Å². The van der Waals surface area contributed by atoms with E-state index in [1.165, 1.54) is 26.1 Å². The van der Waals surface area contributed by atoms with Crippen LogP contribution in [0.3, 0.4) is 0 Å². The molecule has 0 bridgehead atoms. The minimum Gasteiger partial charge on any atom is -0.465 e. The van der Waals surface area contributed by atoms with Gasteiger partial charge in [-0.2, -0.15) is 0 Å². The maximum atomic E-state index is 5.59. The van der Waals surface area contributed by atoms with Gasteiger partial charge in [-0.3, -0.25) is 4.90 Å². The molecule has 0 atom stereocenters. The van der Waals surface area contributed by atoms with Crippen molar-refractivity contribution in [3.63, 3.8) is 0 Å². The highest BCUT2D eigenvalue weighted by Gasteiger charge is 2.09. The van der Waals surface area contributed by atoms with Crippen molar-refractivity contribution in [1.29, 1.82) is 0 Å². The fourth-order valence-corrected chi connectivity index (χ4v) is 2.41. The Morgan fingerprint density at radius 2 is 2.11 bits per heavy atom. The van der Waals surface area contributed by atoms with Crippen LogP contribution in [0.15, 0.2) is 16.5 Å². The first-order valence-electron chi connectivity index (χ1n) is 6.91. The monoisotopic (exact) mass is 251 g/mol. The number of nitrogens with one attached hydrogen (secondary N) is 1. The van der Waals surface area contributed by atoms with Gasteiger partial charge in [-0.15, -0.1) is 0 Å². The average Bonchev–Trinajstić information content (AvgIpc) is 2.76. The zero-order valence-electron chi connectivity index (χ0n) is 11.6. The molecular weight excluding hydrogens is 226 g/mol. The molecule has 102 valence electrons. The van der Waals surface area contributed by atoms with Crippen LogP contribution in [0.5, 0.6) is 0 Å². The van der Waals surface area contributed by atoms with Crippen molar-refractivity contribution in [2.45, 2.75) is 19.9 Å². The first-order chi connectivity index (χ1) is 8.74. The molecule has 1 N–H and O–H groups in total. The normalized spacial score (nSPS) is 17.5. The predicted octanol–water partition coefficient (Wildman–Crippen LogP) is 1.32. The van der Waals surface area contributed by atoms with Crippen molar-refractivity contribution in [2.24, 2.45) is 0 Å². The van der Waals surface area contributed by atoms with Gasteiger partial charge < -0.3 is 14.6 Å². The van der Waals surface area contributed by atoms with Crippen LogP contribution in [-0.4, -0.2) is 56.1 Å². The van der Waals surface area contributed by atoms with Crippen LogP contribution >= 0.6 is 0 Å². The van der Waals surface area contributed by atoms with Crippen LogP contribution < -0.4 is 5.32 Å². The molecule has 4 heteroatoms. The number of hydrogen-bond donors (Lipinski definition) is 1. The van der Waals surface area contributed by atoms with Crippen LogP contribution in [0.1, 0.15) is 17.9 Å². The Morgan fingerprint density at radius 1 is 1.33 bits per heavy atom. The highest BCUT2D eigenvalue weighted by atomic mass is 16.3. The van der Waals surface area contributed by atoms with E-state index in [-0.39, 0.29) is 0 Å². The highest BCUT2D eigenvalue weighted by Crippen LogP contribution is 2.08. The molecule has 2 heterocycles. The van der Waals surface area contributed by atoms with Crippen molar-refractivity contribution in [3.05, 3.63) is 23.7 Å². The quantitative estimate of drug-likeness (QED) is 0.826. The molecule has 0 saturated carbocycles. The second-order valence-electron chi connectivity index (χ2n) is 5.20. The van der Waals surface area contributed by atoms with Gasteiger partial charge in [-0.1, -0.05) is 0 Å². The fourth-order valence-electron chi connectivity index (χ4n) is 2.41. The van der Waals surface area contributed by atoms with E-state index in [1.54, 1.807) is 0 Å². The van der Waals surface area contributed by atoms with Gasteiger partial charge in [-0.25, -0.2) is 0 Å². The third kappa shape index (κ3) is 4.44. The Hall–Kier alpha value is -0.840. The molecule has 2 rings (SSSR count). The van der Waals surface area contributed by atoms with Crippen molar-refractivity contribution < 1.29 is 4.42 Å². The first kappa shape index (κ1) is 13.6. The molecule has 18 heavy (non-hydrogen) atoms. The fraction of sp³-hybridized carbons (Fsp3) is 0.714. The van der Waals surface area contributed by atoms with E-state index in [0.717, 1.165) is 37.7 Å². The average molecular weight is 251 g/mol. The van der Waals surface area contributed by atoms with E-state index in [0.29, 0.717) is 0 Å². The predicted molar refractivity (Wildman–Crippen MR) is 73.7 cm³/mol. The van der Waals surface area contributed by atoms with E-state index >= 15 is 0 Å². The number of furan rings is 1. The maximum Gasteiger partial charge on any atom is 0.118 e. The van der Waals surface area contributed by atoms with Crippen molar-refractivity contribution in [1.82, 2.24) is 15.1 Å². The number of rotatable bonds is 6. The van der Waals surface area contributed by atoms with Gasteiger partial charge in [0.1, 0.15) is 11.5 Å². The van der Waals surface area contributed by atoms with Gasteiger partial charge in [0, 0.05) is 26.2 Å². The molecule has 1 fully saturated rings. The molecule has 0 aliphatic carbocycles. The molecule has 0 amide bonds. The van der Waals surface area contributed by atoms with Crippen LogP contribution in [0, 0.1) is 6.92 Å².